The van der Waals surface area contributed by atoms with Gasteiger partial charge in [0.1, 0.15) is 0 Å². The van der Waals surface area contributed by atoms with E-state index in [1.807, 2.05) is 0 Å². The number of nitrogens with one attached hydrogen (secondary N) is 1. The van der Waals surface area contributed by atoms with Gasteiger partial charge in [-0.25, -0.2) is 4.98 Å². The highest BCUT2D eigenvalue weighted by molar-refractivity contribution is 5.91. The van der Waals surface area contributed by atoms with Crippen LogP contribution in [-0.4, -0.2) is 29.1 Å². The Balaban J connectivity index is 1.99. The number of aliphatic carboxylic acids is 1. The second-order valence-electron chi connectivity index (χ2n) is 5.50. The Morgan fingerprint density at radius 1 is 1.45 bits per heavy atom. The van der Waals surface area contributed by atoms with Crippen molar-refractivity contribution in [3.05, 3.63) is 23.9 Å². The predicted octanol–water partition coefficient (Wildman–Crippen LogP) is 1.06. The fraction of sp³-hybridized carbons (Fsp3) is 0.500. The molecule has 108 valence electrons. The highest BCUT2D eigenvalue weighted by Crippen LogP contribution is 2.58. The molecule has 0 aliphatic heterocycles. The number of carboxylic acid groups (broad SMARTS) is 1. The topological polar surface area (TPSA) is 88.5 Å². The number of rotatable bonds is 5. The van der Waals surface area contributed by atoms with Crippen LogP contribution < -0.4 is 10.1 Å². The molecule has 6 nitrogen and oxygen atoms in total. The maximum Gasteiger partial charge on any atom is 0.307 e. The quantitative estimate of drug-likeness (QED) is 0.841. The molecular formula is C14H18N2O4. The average Bonchev–Trinajstić information content (AvgIpc) is 2.99. The van der Waals surface area contributed by atoms with E-state index in [1.54, 1.807) is 32.2 Å². The van der Waals surface area contributed by atoms with E-state index < -0.39 is 23.2 Å². The van der Waals surface area contributed by atoms with Gasteiger partial charge in [-0.1, -0.05) is 19.9 Å². The van der Waals surface area contributed by atoms with Crippen molar-refractivity contribution in [1.82, 2.24) is 10.3 Å². The van der Waals surface area contributed by atoms with Gasteiger partial charge in [0.2, 0.25) is 11.8 Å². The number of pyridine rings is 1. The second kappa shape index (κ2) is 5.11. The molecule has 1 aliphatic rings. The summed E-state index contributed by atoms with van der Waals surface area (Å²) >= 11 is 0. The lowest BCUT2D eigenvalue weighted by Crippen LogP contribution is -2.27. The molecule has 0 aromatic carbocycles. The summed E-state index contributed by atoms with van der Waals surface area (Å²) < 4.78 is 5.10. The zero-order chi connectivity index (χ0) is 14.9. The monoisotopic (exact) mass is 278 g/mol. The lowest BCUT2D eigenvalue weighted by molar-refractivity contribution is -0.140. The number of carbonyl (C=O) groups excluding carboxylic acids is 1. The molecule has 1 fully saturated rings. The minimum atomic E-state index is -0.922. The van der Waals surface area contributed by atoms with E-state index in [1.165, 1.54) is 7.11 Å². The van der Waals surface area contributed by atoms with E-state index in [9.17, 15) is 9.59 Å². The van der Waals surface area contributed by atoms with Crippen molar-refractivity contribution in [2.75, 3.05) is 7.11 Å². The molecule has 1 aromatic heterocycles. The second-order valence-corrected chi connectivity index (χ2v) is 5.50. The van der Waals surface area contributed by atoms with Crippen molar-refractivity contribution in [3.63, 3.8) is 0 Å². The Labute approximate surface area is 117 Å². The van der Waals surface area contributed by atoms with E-state index >= 15 is 0 Å². The van der Waals surface area contributed by atoms with Gasteiger partial charge in [0, 0.05) is 18.3 Å². The van der Waals surface area contributed by atoms with Crippen LogP contribution in [0.4, 0.5) is 0 Å². The van der Waals surface area contributed by atoms with Crippen LogP contribution in [0.2, 0.25) is 0 Å². The molecule has 6 heteroatoms. The van der Waals surface area contributed by atoms with Crippen LogP contribution >= 0.6 is 0 Å². The van der Waals surface area contributed by atoms with Gasteiger partial charge < -0.3 is 15.2 Å². The zero-order valence-electron chi connectivity index (χ0n) is 11.7. The largest absolute Gasteiger partial charge is 0.481 e. The normalized spacial score (nSPS) is 22.9. The molecule has 0 unspecified atom stereocenters. The van der Waals surface area contributed by atoms with E-state index in [4.69, 9.17) is 9.84 Å². The molecule has 0 saturated heterocycles. The number of carboxylic acids is 1. The van der Waals surface area contributed by atoms with Gasteiger partial charge in [-0.15, -0.1) is 0 Å². The summed E-state index contributed by atoms with van der Waals surface area (Å²) in [6.45, 7) is 3.86. The lowest BCUT2D eigenvalue weighted by Gasteiger charge is -2.09. The molecule has 1 aromatic rings. The molecule has 20 heavy (non-hydrogen) atoms. The molecule has 2 N–H and O–H groups in total. The van der Waals surface area contributed by atoms with Crippen molar-refractivity contribution >= 4 is 11.9 Å². The first kappa shape index (κ1) is 14.3. The molecule has 0 radical (unpaired) electrons. The van der Waals surface area contributed by atoms with Crippen LogP contribution in [0.25, 0.3) is 0 Å². The molecule has 1 aliphatic carbocycles. The van der Waals surface area contributed by atoms with Gasteiger partial charge in [-0.05, 0) is 11.5 Å². The van der Waals surface area contributed by atoms with E-state index in [2.05, 4.69) is 10.3 Å². The van der Waals surface area contributed by atoms with Crippen LogP contribution in [0.1, 0.15) is 19.4 Å². The van der Waals surface area contributed by atoms with Crippen LogP contribution in [0.15, 0.2) is 18.3 Å². The van der Waals surface area contributed by atoms with Crippen molar-refractivity contribution in [1.29, 1.82) is 0 Å². The number of carbonyl (C=O) groups is 2. The maximum atomic E-state index is 12.1. The van der Waals surface area contributed by atoms with Gasteiger partial charge in [-0.2, -0.15) is 0 Å². The number of hydrogen-bond acceptors (Lipinski definition) is 4. The molecule has 2 atom stereocenters. The van der Waals surface area contributed by atoms with Gasteiger partial charge in [-0.3, -0.25) is 9.59 Å². The fourth-order valence-electron chi connectivity index (χ4n) is 2.62. The lowest BCUT2D eigenvalue weighted by atomic mass is 10.1. The summed E-state index contributed by atoms with van der Waals surface area (Å²) in [5.41, 5.74) is 0.267. The van der Waals surface area contributed by atoms with E-state index in [-0.39, 0.29) is 12.5 Å². The SMILES string of the molecule is COc1ncccc1CNC(=O)[C@H]1[C@@H](C(=O)O)C1(C)C. The van der Waals surface area contributed by atoms with Crippen molar-refractivity contribution in [2.24, 2.45) is 17.3 Å². The Bertz CT molecular complexity index is 542. The minimum absolute atomic E-state index is 0.242. The summed E-state index contributed by atoms with van der Waals surface area (Å²) in [6, 6.07) is 3.56. The number of nitrogens with zero attached hydrogens (tertiary/aromatic N) is 1. The van der Waals surface area contributed by atoms with E-state index in [0.717, 1.165) is 5.56 Å². The molecular weight excluding hydrogens is 260 g/mol. The third kappa shape index (κ3) is 2.45. The Kier molecular flexibility index (Phi) is 3.65. The summed E-state index contributed by atoms with van der Waals surface area (Å²) in [4.78, 5) is 27.2. The van der Waals surface area contributed by atoms with Crippen molar-refractivity contribution in [2.45, 2.75) is 20.4 Å². The molecule has 2 rings (SSSR count). The first-order valence-corrected chi connectivity index (χ1v) is 6.38. The zero-order valence-corrected chi connectivity index (χ0v) is 11.7. The van der Waals surface area contributed by atoms with E-state index in [0.29, 0.717) is 5.88 Å². The van der Waals surface area contributed by atoms with Gasteiger partial charge in [0.15, 0.2) is 0 Å². The number of hydrogen-bond donors (Lipinski definition) is 2. The van der Waals surface area contributed by atoms with Crippen LogP contribution in [-0.2, 0) is 16.1 Å². The Morgan fingerprint density at radius 2 is 2.15 bits per heavy atom. The van der Waals surface area contributed by atoms with Crippen LogP contribution in [0, 0.1) is 17.3 Å². The number of aromatic nitrogens is 1. The predicted molar refractivity (Wildman–Crippen MR) is 71.0 cm³/mol. The average molecular weight is 278 g/mol. The molecule has 1 amide bonds. The third-order valence-electron chi connectivity index (χ3n) is 3.87. The molecule has 1 heterocycles. The van der Waals surface area contributed by atoms with Crippen LogP contribution in [0.3, 0.4) is 0 Å². The number of ether oxygens (including phenoxy) is 1. The van der Waals surface area contributed by atoms with Crippen molar-refractivity contribution in [3.8, 4) is 5.88 Å². The molecule has 0 bridgehead atoms. The van der Waals surface area contributed by atoms with Crippen molar-refractivity contribution < 1.29 is 19.4 Å². The summed E-state index contributed by atoms with van der Waals surface area (Å²) in [5.74, 6) is -1.80. The Hall–Kier alpha value is -2.11. The first-order valence-electron chi connectivity index (χ1n) is 6.38. The number of amides is 1. The minimum Gasteiger partial charge on any atom is -0.481 e. The molecule has 1 saturated carbocycles. The highest BCUT2D eigenvalue weighted by Gasteiger charge is 2.65. The highest BCUT2D eigenvalue weighted by atomic mass is 16.5. The molecule has 0 spiro atoms. The first-order chi connectivity index (χ1) is 9.39. The summed E-state index contributed by atoms with van der Waals surface area (Å²) in [6.07, 6.45) is 1.61. The fourth-order valence-corrected chi connectivity index (χ4v) is 2.62. The number of methoxy groups -OCH3 is 1. The Morgan fingerprint density at radius 3 is 2.70 bits per heavy atom. The maximum absolute atomic E-state index is 12.1. The smallest absolute Gasteiger partial charge is 0.307 e. The van der Waals surface area contributed by atoms with Crippen LogP contribution in [0.5, 0.6) is 5.88 Å². The van der Waals surface area contributed by atoms with Gasteiger partial charge in [0.05, 0.1) is 18.9 Å². The third-order valence-corrected chi connectivity index (χ3v) is 3.87. The summed E-state index contributed by atoms with van der Waals surface area (Å²) in [7, 11) is 1.51. The standard InChI is InChI=1S/C14H18N2O4/c1-14(2)9(10(14)13(18)19)11(17)16-7-8-5-4-6-15-12(8)20-3/h4-6,9-10H,7H2,1-3H3,(H,16,17)(H,18,19)/t9-,10+/m1/s1. The van der Waals surface area contributed by atoms with Gasteiger partial charge >= 0.3 is 5.97 Å². The summed E-state index contributed by atoms with van der Waals surface area (Å²) in [5, 5.41) is 11.8. The van der Waals surface area contributed by atoms with Gasteiger partial charge in [0.25, 0.3) is 0 Å².